The van der Waals surface area contributed by atoms with Gasteiger partial charge in [-0.3, -0.25) is 4.57 Å². The van der Waals surface area contributed by atoms with Crippen molar-refractivity contribution in [2.45, 2.75) is 11.8 Å². The van der Waals surface area contributed by atoms with Gasteiger partial charge < -0.3 is 48.5 Å². The number of carboxylic acids is 1. The van der Waals surface area contributed by atoms with Crippen molar-refractivity contribution in [3.63, 3.8) is 0 Å². The maximum absolute atomic E-state index is 10.9. The molecule has 9 heteroatoms. The van der Waals surface area contributed by atoms with E-state index in [1.54, 1.807) is 21.1 Å². The predicted molar refractivity (Wildman–Crippen MR) is 52.1 cm³/mol. The van der Waals surface area contributed by atoms with Crippen molar-refractivity contribution in [1.82, 2.24) is 0 Å². The molecule has 0 aliphatic heterocycles. The lowest BCUT2D eigenvalue weighted by Crippen LogP contribution is -3.00. The molecule has 0 aromatic carbocycles. The van der Waals surface area contributed by atoms with Crippen LogP contribution in [0.1, 0.15) is 6.42 Å². The number of aliphatic hydroxyl groups is 1. The first-order valence-corrected chi connectivity index (χ1v) is 5.83. The number of hydrogen-bond acceptors (Lipinski definition) is 3. The van der Waals surface area contributed by atoms with Crippen molar-refractivity contribution >= 4 is 13.6 Å². The normalized spacial score (nSPS) is 16.1. The second-order valence-electron chi connectivity index (χ2n) is 4.43. The Kier molecular flexibility index (Phi) is 6.69. The molecule has 0 aliphatic rings. The highest BCUT2D eigenvalue weighted by molar-refractivity contribution is 7.54. The summed E-state index contributed by atoms with van der Waals surface area (Å²) in [6.07, 6.45) is -0.504. The summed E-state index contributed by atoms with van der Waals surface area (Å²) >= 11 is 0. The summed E-state index contributed by atoms with van der Waals surface area (Å²) < 4.78 is 11.2. The second kappa shape index (κ2) is 5.74. The third kappa shape index (κ3) is 5.07. The topological polar surface area (TPSA) is 115 Å². The molecule has 0 radical (unpaired) electrons. The van der Waals surface area contributed by atoms with Gasteiger partial charge in [0.1, 0.15) is 0 Å². The van der Waals surface area contributed by atoms with Gasteiger partial charge in [0.15, 0.2) is 0 Å². The largest absolute Gasteiger partial charge is 1.00 e. The summed E-state index contributed by atoms with van der Waals surface area (Å²) in [6.45, 7) is 0.133. The molecule has 1 atom stereocenters. The molecule has 0 saturated heterocycles. The van der Waals surface area contributed by atoms with E-state index in [0.717, 1.165) is 0 Å². The van der Waals surface area contributed by atoms with E-state index in [9.17, 15) is 14.5 Å². The van der Waals surface area contributed by atoms with Crippen molar-refractivity contribution < 1.29 is 57.8 Å². The molecule has 0 bridgehead atoms. The molecule has 0 rings (SSSR count). The van der Waals surface area contributed by atoms with Crippen LogP contribution in [0.15, 0.2) is 0 Å². The van der Waals surface area contributed by atoms with Crippen molar-refractivity contribution in [1.29, 1.82) is 0 Å². The summed E-state index contributed by atoms with van der Waals surface area (Å²) in [5, 5.41) is 15.0. The van der Waals surface area contributed by atoms with Gasteiger partial charge in [-0.25, -0.2) is 4.79 Å². The zero-order valence-electron chi connectivity index (χ0n) is 9.29. The van der Waals surface area contributed by atoms with Crippen LogP contribution in [0.3, 0.4) is 0 Å². The third-order valence-corrected chi connectivity index (χ3v) is 3.33. The number of halogens is 1. The van der Waals surface area contributed by atoms with E-state index in [0.29, 0.717) is 4.48 Å². The van der Waals surface area contributed by atoms with Crippen LogP contribution in [-0.4, -0.2) is 63.5 Å². The Morgan fingerprint density at radius 2 is 1.69 bits per heavy atom. The summed E-state index contributed by atoms with van der Waals surface area (Å²) in [6, 6.07) is 0. The molecule has 7 nitrogen and oxygen atoms in total. The van der Waals surface area contributed by atoms with Crippen LogP contribution in [-0.2, 0) is 9.36 Å². The van der Waals surface area contributed by atoms with E-state index in [1.807, 2.05) is 0 Å². The average molecular weight is 369 g/mol. The molecule has 0 aliphatic carbocycles. The Labute approximate surface area is 111 Å². The van der Waals surface area contributed by atoms with Crippen LogP contribution in [0.25, 0.3) is 0 Å². The molecule has 0 spiro atoms. The zero-order chi connectivity index (χ0) is 12.5. The molecule has 1 unspecified atom stereocenters. The number of aliphatic carboxylic acids is 1. The van der Waals surface area contributed by atoms with E-state index in [-0.39, 0.29) is 30.5 Å². The van der Waals surface area contributed by atoms with Crippen LogP contribution >= 0.6 is 7.60 Å². The van der Waals surface area contributed by atoms with E-state index >= 15 is 0 Å². The first-order chi connectivity index (χ1) is 6.40. The average Bonchev–Trinajstić information content (AvgIpc) is 1.95. The van der Waals surface area contributed by atoms with Crippen molar-refractivity contribution in [3.05, 3.63) is 0 Å². The van der Waals surface area contributed by atoms with Gasteiger partial charge >= 0.3 is 13.6 Å². The minimum Gasteiger partial charge on any atom is -1.00 e. The lowest BCUT2D eigenvalue weighted by Gasteiger charge is -2.29. The van der Waals surface area contributed by atoms with Crippen LogP contribution < -0.4 is 24.0 Å². The summed E-state index contributed by atoms with van der Waals surface area (Å²) in [5.41, 5.74) is 0. The smallest absolute Gasteiger partial charge is 0.368 e. The van der Waals surface area contributed by atoms with Gasteiger partial charge in [0, 0.05) is 6.42 Å². The lowest BCUT2D eigenvalue weighted by atomic mass is 10.2. The summed E-state index contributed by atoms with van der Waals surface area (Å²) in [5.74, 6) is -1.90. The van der Waals surface area contributed by atoms with Gasteiger partial charge in [-0.1, -0.05) is 0 Å². The Morgan fingerprint density at radius 3 is 1.88 bits per heavy atom. The fourth-order valence-electron chi connectivity index (χ4n) is 0.868. The predicted octanol–water partition coefficient (Wildman–Crippen LogP) is -3.96. The second-order valence-corrected chi connectivity index (χ2v) is 6.26. The molecule has 0 fully saturated rings. The zero-order valence-corrected chi connectivity index (χ0v) is 12.3. The quantitative estimate of drug-likeness (QED) is 0.223. The molecule has 16 heavy (non-hydrogen) atoms. The standard InChI is InChI=1S/C7H16NO6P.HI/c1-8(2,3)5-4-7(11,6(9)10)15(12,13)14;/h11H,4-5H2,1-3H3,(H2-,9,10,12,13,14);1H. The monoisotopic (exact) mass is 369 g/mol. The molecule has 0 heterocycles. The number of rotatable bonds is 5. The molecule has 0 amide bonds. The van der Waals surface area contributed by atoms with E-state index in [2.05, 4.69) is 0 Å². The number of hydrogen-bond donors (Lipinski definition) is 4. The number of carbonyl (C=O) groups is 1. The van der Waals surface area contributed by atoms with Gasteiger partial charge in [-0.2, -0.15) is 0 Å². The lowest BCUT2D eigenvalue weighted by molar-refractivity contribution is -0.871. The van der Waals surface area contributed by atoms with E-state index in [4.69, 9.17) is 14.9 Å². The SMILES string of the molecule is C[N+](C)(C)CCC(O)(C(=O)O)P(=O)(O)O.[I-]. The highest BCUT2D eigenvalue weighted by Gasteiger charge is 2.53. The third-order valence-electron chi connectivity index (χ3n) is 1.96. The molecular weight excluding hydrogens is 352 g/mol. The van der Waals surface area contributed by atoms with Crippen LogP contribution in [0.5, 0.6) is 0 Å². The number of nitrogens with zero attached hydrogens (tertiary/aromatic N) is 1. The van der Waals surface area contributed by atoms with Crippen LogP contribution in [0, 0.1) is 0 Å². The molecular formula is C7H17INO6P. The highest BCUT2D eigenvalue weighted by Crippen LogP contribution is 2.51. The highest BCUT2D eigenvalue weighted by atomic mass is 127. The van der Waals surface area contributed by atoms with Gasteiger partial charge in [0.25, 0.3) is 5.34 Å². The first-order valence-electron chi connectivity index (χ1n) is 4.22. The van der Waals surface area contributed by atoms with Gasteiger partial charge in [0.2, 0.25) is 0 Å². The fraction of sp³-hybridized carbons (Fsp3) is 0.857. The Hall–Kier alpha value is 0.270. The fourth-order valence-corrected chi connectivity index (χ4v) is 1.51. The summed E-state index contributed by atoms with van der Waals surface area (Å²) in [4.78, 5) is 28.2. The van der Waals surface area contributed by atoms with Crippen LogP contribution in [0.2, 0.25) is 0 Å². The minimum absolute atomic E-state index is 0. The molecule has 4 N–H and O–H groups in total. The summed E-state index contributed by atoms with van der Waals surface area (Å²) in [7, 11) is 0.0885. The molecule has 0 aromatic heterocycles. The van der Waals surface area contributed by atoms with Crippen molar-refractivity contribution in [2.24, 2.45) is 0 Å². The van der Waals surface area contributed by atoms with Crippen molar-refractivity contribution in [3.8, 4) is 0 Å². The Bertz CT molecular complexity index is 298. The van der Waals surface area contributed by atoms with Crippen LogP contribution in [0.4, 0.5) is 0 Å². The van der Waals surface area contributed by atoms with Gasteiger partial charge in [0.05, 0.1) is 27.7 Å². The maximum Gasteiger partial charge on any atom is 0.368 e. The van der Waals surface area contributed by atoms with E-state index in [1.165, 1.54) is 0 Å². The first kappa shape index (κ1) is 18.6. The Balaban J connectivity index is 0. The van der Waals surface area contributed by atoms with E-state index < -0.39 is 25.3 Å². The maximum atomic E-state index is 10.9. The minimum atomic E-state index is -5.08. The van der Waals surface area contributed by atoms with Gasteiger partial charge in [-0.15, -0.1) is 0 Å². The molecule has 98 valence electrons. The molecule has 0 saturated carbocycles. The number of carboxylic acid groups (broad SMARTS) is 1. The number of quaternary nitrogens is 1. The van der Waals surface area contributed by atoms with Gasteiger partial charge in [-0.05, 0) is 0 Å². The molecule has 0 aromatic rings. The Morgan fingerprint density at radius 1 is 1.31 bits per heavy atom. The van der Waals surface area contributed by atoms with Crippen molar-refractivity contribution in [2.75, 3.05) is 27.7 Å².